The fourth-order valence-corrected chi connectivity index (χ4v) is 1.01. The number of rotatable bonds is 3. The SMILES string of the molecule is CC#CC(=O)NCc1cc(C(F)(F)C(F)(F)F)on1. The zero-order valence-corrected chi connectivity index (χ0v) is 9.44. The fraction of sp³-hybridized carbons (Fsp3) is 0.400. The lowest BCUT2D eigenvalue weighted by molar-refractivity contribution is -0.296. The second kappa shape index (κ2) is 5.26. The lowest BCUT2D eigenvalue weighted by Gasteiger charge is -2.15. The van der Waals surface area contributed by atoms with Gasteiger partial charge in [-0.15, -0.1) is 0 Å². The molecule has 0 unspecified atom stereocenters. The van der Waals surface area contributed by atoms with Crippen molar-refractivity contribution in [3.05, 3.63) is 17.5 Å². The average molecular weight is 282 g/mol. The first-order chi connectivity index (χ1) is 8.68. The van der Waals surface area contributed by atoms with Gasteiger partial charge in [0.25, 0.3) is 5.91 Å². The van der Waals surface area contributed by atoms with Crippen LogP contribution in [0.25, 0.3) is 0 Å². The van der Waals surface area contributed by atoms with Crippen molar-refractivity contribution in [3.63, 3.8) is 0 Å². The molecule has 0 saturated carbocycles. The van der Waals surface area contributed by atoms with Crippen molar-refractivity contribution >= 4 is 5.91 Å². The molecular formula is C10H7F5N2O2. The highest BCUT2D eigenvalue weighted by atomic mass is 19.4. The van der Waals surface area contributed by atoms with Crippen LogP contribution in [0, 0.1) is 11.8 Å². The molecule has 0 fully saturated rings. The summed E-state index contributed by atoms with van der Waals surface area (Å²) >= 11 is 0. The topological polar surface area (TPSA) is 55.1 Å². The van der Waals surface area contributed by atoms with Crippen LogP contribution in [0.2, 0.25) is 0 Å². The molecule has 1 rings (SSSR count). The summed E-state index contributed by atoms with van der Waals surface area (Å²) in [4.78, 5) is 10.9. The van der Waals surface area contributed by atoms with E-state index < -0.39 is 23.8 Å². The Morgan fingerprint density at radius 3 is 2.58 bits per heavy atom. The van der Waals surface area contributed by atoms with Gasteiger partial charge in [0.15, 0.2) is 0 Å². The molecule has 1 aromatic heterocycles. The van der Waals surface area contributed by atoms with Crippen molar-refractivity contribution in [1.29, 1.82) is 0 Å². The molecule has 0 aliphatic rings. The third kappa shape index (κ3) is 3.43. The summed E-state index contributed by atoms with van der Waals surface area (Å²) in [6.45, 7) is 1.03. The number of carbonyl (C=O) groups is 1. The van der Waals surface area contributed by atoms with E-state index in [-0.39, 0.29) is 12.2 Å². The van der Waals surface area contributed by atoms with E-state index in [2.05, 4.69) is 26.8 Å². The van der Waals surface area contributed by atoms with E-state index in [0.29, 0.717) is 6.07 Å². The minimum atomic E-state index is -5.78. The smallest absolute Gasteiger partial charge is 0.354 e. The van der Waals surface area contributed by atoms with Crippen molar-refractivity contribution in [2.24, 2.45) is 0 Å². The number of nitrogens with zero attached hydrogens (tertiary/aromatic N) is 1. The molecule has 0 bridgehead atoms. The largest absolute Gasteiger partial charge is 0.461 e. The molecule has 1 amide bonds. The van der Waals surface area contributed by atoms with Crippen LogP contribution in [0.4, 0.5) is 22.0 Å². The quantitative estimate of drug-likeness (QED) is 0.681. The molecule has 0 spiro atoms. The van der Waals surface area contributed by atoms with Crippen LogP contribution in [0.15, 0.2) is 10.6 Å². The molecule has 9 heteroatoms. The minimum absolute atomic E-state index is 0.273. The Hall–Kier alpha value is -2.11. The predicted molar refractivity (Wildman–Crippen MR) is 51.7 cm³/mol. The Morgan fingerprint density at radius 2 is 2.05 bits per heavy atom. The van der Waals surface area contributed by atoms with E-state index in [9.17, 15) is 26.7 Å². The molecule has 19 heavy (non-hydrogen) atoms. The van der Waals surface area contributed by atoms with Crippen molar-refractivity contribution in [3.8, 4) is 11.8 Å². The number of amides is 1. The summed E-state index contributed by atoms with van der Waals surface area (Å²) in [7, 11) is 0. The fourth-order valence-electron chi connectivity index (χ4n) is 1.01. The Balaban J connectivity index is 2.77. The summed E-state index contributed by atoms with van der Waals surface area (Å²) in [5.74, 6) is -3.11. The van der Waals surface area contributed by atoms with Gasteiger partial charge < -0.3 is 9.84 Å². The van der Waals surface area contributed by atoms with Crippen LogP contribution in [-0.2, 0) is 17.3 Å². The second-order valence-corrected chi connectivity index (χ2v) is 3.31. The number of hydrogen-bond acceptors (Lipinski definition) is 3. The third-order valence-electron chi connectivity index (χ3n) is 1.89. The van der Waals surface area contributed by atoms with E-state index >= 15 is 0 Å². The Labute approximate surface area is 103 Å². The summed E-state index contributed by atoms with van der Waals surface area (Å²) in [5.41, 5.74) is -0.273. The predicted octanol–water partition coefficient (Wildman–Crippen LogP) is 1.97. The van der Waals surface area contributed by atoms with E-state index in [0.717, 1.165) is 0 Å². The van der Waals surface area contributed by atoms with Gasteiger partial charge in [0.05, 0.1) is 6.54 Å². The van der Waals surface area contributed by atoms with Gasteiger partial charge in [-0.2, -0.15) is 22.0 Å². The molecule has 0 atom stereocenters. The van der Waals surface area contributed by atoms with Gasteiger partial charge in [-0.25, -0.2) is 0 Å². The van der Waals surface area contributed by atoms with Crippen molar-refractivity contribution in [2.75, 3.05) is 0 Å². The Morgan fingerprint density at radius 1 is 1.42 bits per heavy atom. The molecule has 4 nitrogen and oxygen atoms in total. The van der Waals surface area contributed by atoms with Crippen molar-refractivity contribution < 1.29 is 31.3 Å². The van der Waals surface area contributed by atoms with Gasteiger partial charge in [0, 0.05) is 6.07 Å². The van der Waals surface area contributed by atoms with Gasteiger partial charge >= 0.3 is 12.1 Å². The molecule has 0 radical (unpaired) electrons. The van der Waals surface area contributed by atoms with E-state index in [1.54, 1.807) is 0 Å². The molecule has 104 valence electrons. The molecular weight excluding hydrogens is 275 g/mol. The van der Waals surface area contributed by atoms with Crippen LogP contribution in [0.1, 0.15) is 18.4 Å². The maximum Gasteiger partial charge on any atom is 0.461 e. The standard InChI is InChI=1S/C10H7F5N2O2/c1-2-3-8(18)16-5-6-4-7(19-17-6)9(11,12)10(13,14)15/h4H,5H2,1H3,(H,16,18). The van der Waals surface area contributed by atoms with Crippen LogP contribution >= 0.6 is 0 Å². The van der Waals surface area contributed by atoms with Crippen LogP contribution in [-0.4, -0.2) is 17.2 Å². The number of nitrogens with one attached hydrogen (secondary N) is 1. The van der Waals surface area contributed by atoms with E-state index in [1.807, 2.05) is 0 Å². The molecule has 0 saturated heterocycles. The first-order valence-electron chi connectivity index (χ1n) is 4.79. The number of carbonyl (C=O) groups excluding carboxylic acids is 1. The molecule has 0 aliphatic carbocycles. The monoisotopic (exact) mass is 282 g/mol. The first kappa shape index (κ1) is 14.9. The zero-order chi connectivity index (χ0) is 14.7. The molecule has 0 aromatic carbocycles. The van der Waals surface area contributed by atoms with Gasteiger partial charge in [0.2, 0.25) is 5.76 Å². The highest BCUT2D eigenvalue weighted by Crippen LogP contribution is 2.43. The molecule has 0 aliphatic heterocycles. The van der Waals surface area contributed by atoms with Gasteiger partial charge in [0.1, 0.15) is 5.69 Å². The maximum absolute atomic E-state index is 12.8. The highest BCUT2D eigenvalue weighted by molar-refractivity contribution is 5.93. The minimum Gasteiger partial charge on any atom is -0.354 e. The lowest BCUT2D eigenvalue weighted by atomic mass is 10.2. The summed E-state index contributed by atoms with van der Waals surface area (Å²) in [6, 6.07) is 0.424. The second-order valence-electron chi connectivity index (χ2n) is 3.31. The van der Waals surface area contributed by atoms with Crippen LogP contribution in [0.3, 0.4) is 0 Å². The average Bonchev–Trinajstić information content (AvgIpc) is 2.74. The Bertz CT molecular complexity index is 524. The number of halogens is 5. The number of alkyl halides is 5. The summed E-state index contributed by atoms with van der Waals surface area (Å²) in [6.07, 6.45) is -5.78. The number of hydrogen-bond donors (Lipinski definition) is 1. The normalized spacial score (nSPS) is 11.7. The van der Waals surface area contributed by atoms with E-state index in [4.69, 9.17) is 0 Å². The van der Waals surface area contributed by atoms with Crippen LogP contribution < -0.4 is 5.32 Å². The summed E-state index contributed by atoms with van der Waals surface area (Å²) < 4.78 is 65.6. The Kier molecular flexibility index (Phi) is 4.14. The third-order valence-corrected chi connectivity index (χ3v) is 1.89. The molecule has 1 heterocycles. The maximum atomic E-state index is 12.8. The van der Waals surface area contributed by atoms with Crippen LogP contribution in [0.5, 0.6) is 0 Å². The molecule has 1 N–H and O–H groups in total. The van der Waals surface area contributed by atoms with Gasteiger partial charge in [-0.1, -0.05) is 11.1 Å². The van der Waals surface area contributed by atoms with Gasteiger partial charge in [-0.05, 0) is 12.8 Å². The van der Waals surface area contributed by atoms with Gasteiger partial charge in [-0.3, -0.25) is 4.79 Å². The van der Waals surface area contributed by atoms with Crippen molar-refractivity contribution in [2.45, 2.75) is 25.6 Å². The van der Waals surface area contributed by atoms with Crippen molar-refractivity contribution in [1.82, 2.24) is 10.5 Å². The summed E-state index contributed by atoms with van der Waals surface area (Å²) in [5, 5.41) is 5.15. The lowest BCUT2D eigenvalue weighted by Crippen LogP contribution is -2.33. The van der Waals surface area contributed by atoms with E-state index in [1.165, 1.54) is 6.92 Å². The number of aromatic nitrogens is 1. The highest BCUT2D eigenvalue weighted by Gasteiger charge is 2.61. The first-order valence-corrected chi connectivity index (χ1v) is 4.79. The molecule has 1 aromatic rings. The zero-order valence-electron chi connectivity index (χ0n) is 9.44.